The Hall–Kier alpha value is -2.89. The fourth-order valence-corrected chi connectivity index (χ4v) is 7.24. The number of pyridine rings is 1. The summed E-state index contributed by atoms with van der Waals surface area (Å²) < 4.78 is 2.30. The van der Waals surface area contributed by atoms with Crippen molar-refractivity contribution in [3.8, 4) is 6.07 Å². The van der Waals surface area contributed by atoms with Gasteiger partial charge in [-0.05, 0) is 62.7 Å². The highest BCUT2D eigenvalue weighted by molar-refractivity contribution is 8.26. The van der Waals surface area contributed by atoms with Crippen molar-refractivity contribution in [1.82, 2.24) is 9.47 Å². The number of unbranched alkanes of at least 4 members (excludes halogenated alkanes) is 5. The van der Waals surface area contributed by atoms with Crippen molar-refractivity contribution in [1.29, 1.82) is 5.26 Å². The molecular weight excluding hydrogens is 549 g/mol. The van der Waals surface area contributed by atoms with Crippen LogP contribution in [0.1, 0.15) is 87.5 Å². The van der Waals surface area contributed by atoms with Gasteiger partial charge in [-0.25, -0.2) is 0 Å². The molecule has 1 aromatic heterocycles. The maximum absolute atomic E-state index is 13.5. The van der Waals surface area contributed by atoms with Gasteiger partial charge >= 0.3 is 0 Å². The fraction of sp³-hybridized carbons (Fsp3) is 0.515. The lowest BCUT2D eigenvalue weighted by Crippen LogP contribution is -2.39. The standard InChI is InChI=1S/C33H42N4O2S2/c1-4-6-7-8-9-13-18-37-32(39)29(41-33(37)40)22-27-24(3)28(23-34)31(38)36(5-2)30(27)35-19-16-26(17-20-35)21-25-14-11-10-12-15-25/h10-12,14-15,22,26H,4-9,13,16-21H2,1-3H3/b29-22-. The zero-order chi connectivity index (χ0) is 29.4. The van der Waals surface area contributed by atoms with Crippen LogP contribution >= 0.6 is 24.0 Å². The number of hydrogen-bond donors (Lipinski definition) is 0. The van der Waals surface area contributed by atoms with Gasteiger partial charge in [0.05, 0.1) is 4.91 Å². The molecule has 2 aliphatic heterocycles. The van der Waals surface area contributed by atoms with Gasteiger partial charge in [0.1, 0.15) is 21.8 Å². The molecule has 2 saturated heterocycles. The van der Waals surface area contributed by atoms with Crippen molar-refractivity contribution < 1.29 is 4.79 Å². The van der Waals surface area contributed by atoms with Crippen LogP contribution in [-0.4, -0.2) is 39.3 Å². The number of amides is 1. The van der Waals surface area contributed by atoms with Crippen LogP contribution in [0.25, 0.3) is 6.08 Å². The Balaban J connectivity index is 1.59. The van der Waals surface area contributed by atoms with E-state index in [0.29, 0.717) is 33.8 Å². The summed E-state index contributed by atoms with van der Waals surface area (Å²) in [6.45, 7) is 8.70. The van der Waals surface area contributed by atoms with E-state index in [0.717, 1.165) is 56.6 Å². The number of benzene rings is 1. The quantitative estimate of drug-likeness (QED) is 0.150. The van der Waals surface area contributed by atoms with Crippen molar-refractivity contribution in [3.63, 3.8) is 0 Å². The Kier molecular flexibility index (Phi) is 11.2. The molecule has 4 rings (SSSR count). The van der Waals surface area contributed by atoms with E-state index < -0.39 is 0 Å². The van der Waals surface area contributed by atoms with Crippen molar-refractivity contribution in [2.45, 2.75) is 85.1 Å². The van der Waals surface area contributed by atoms with Gasteiger partial charge in [0.25, 0.3) is 11.5 Å². The molecule has 2 aliphatic rings. The first-order valence-electron chi connectivity index (χ1n) is 15.1. The van der Waals surface area contributed by atoms with Crippen molar-refractivity contribution in [2.24, 2.45) is 5.92 Å². The molecule has 0 N–H and O–H groups in total. The lowest BCUT2D eigenvalue weighted by Gasteiger charge is -2.36. The molecule has 2 fully saturated rings. The van der Waals surface area contributed by atoms with Crippen LogP contribution in [0.3, 0.4) is 0 Å². The van der Waals surface area contributed by atoms with Gasteiger partial charge in [-0.1, -0.05) is 93.3 Å². The number of piperidine rings is 1. The van der Waals surface area contributed by atoms with E-state index in [1.54, 1.807) is 9.47 Å². The third kappa shape index (κ3) is 7.31. The minimum atomic E-state index is -0.262. The van der Waals surface area contributed by atoms with Crippen LogP contribution < -0.4 is 10.5 Å². The molecular formula is C33H42N4O2S2. The van der Waals surface area contributed by atoms with Gasteiger partial charge < -0.3 is 4.90 Å². The van der Waals surface area contributed by atoms with E-state index in [1.165, 1.54) is 43.0 Å². The van der Waals surface area contributed by atoms with Gasteiger partial charge in [-0.3, -0.25) is 19.1 Å². The zero-order valence-electron chi connectivity index (χ0n) is 24.7. The van der Waals surface area contributed by atoms with Crippen LogP contribution in [0.2, 0.25) is 0 Å². The SMILES string of the molecule is CCCCCCCCN1C(=O)/C(=C/c2c(C)c(C#N)c(=O)n(CC)c2N2CCC(Cc3ccccc3)CC2)SC1=S. The first-order valence-corrected chi connectivity index (χ1v) is 16.3. The Morgan fingerprint density at radius 2 is 1.73 bits per heavy atom. The molecule has 0 aliphatic carbocycles. The van der Waals surface area contributed by atoms with Crippen LogP contribution in [0.15, 0.2) is 40.0 Å². The van der Waals surface area contributed by atoms with Gasteiger partial charge in [-0.15, -0.1) is 0 Å². The van der Waals surface area contributed by atoms with Crippen LogP contribution in [0.4, 0.5) is 5.82 Å². The summed E-state index contributed by atoms with van der Waals surface area (Å²) in [4.78, 5) is 31.4. The number of hydrogen-bond acceptors (Lipinski definition) is 6. The highest BCUT2D eigenvalue weighted by Crippen LogP contribution is 2.37. The van der Waals surface area contributed by atoms with Crippen LogP contribution in [0, 0.1) is 24.2 Å². The fourth-order valence-electron chi connectivity index (χ4n) is 5.95. The minimum absolute atomic E-state index is 0.0757. The van der Waals surface area contributed by atoms with E-state index in [2.05, 4.69) is 42.2 Å². The third-order valence-electron chi connectivity index (χ3n) is 8.33. The monoisotopic (exact) mass is 590 g/mol. The molecule has 6 nitrogen and oxygen atoms in total. The second-order valence-corrected chi connectivity index (χ2v) is 12.8. The average molecular weight is 591 g/mol. The normalized spacial score (nSPS) is 17.1. The largest absolute Gasteiger partial charge is 0.357 e. The van der Waals surface area contributed by atoms with E-state index in [9.17, 15) is 14.9 Å². The molecule has 0 unspecified atom stereocenters. The molecule has 1 amide bonds. The molecule has 0 radical (unpaired) electrons. The van der Waals surface area contributed by atoms with Crippen molar-refractivity contribution in [3.05, 3.63) is 67.8 Å². The summed E-state index contributed by atoms with van der Waals surface area (Å²) in [6, 6.07) is 12.7. The van der Waals surface area contributed by atoms with E-state index in [-0.39, 0.29) is 17.0 Å². The van der Waals surface area contributed by atoms with Crippen LogP contribution in [-0.2, 0) is 17.8 Å². The van der Waals surface area contributed by atoms with E-state index >= 15 is 0 Å². The molecule has 0 spiro atoms. The van der Waals surface area contributed by atoms with Gasteiger partial charge in [0.15, 0.2) is 0 Å². The summed E-state index contributed by atoms with van der Waals surface area (Å²) in [5, 5.41) is 9.89. The summed E-state index contributed by atoms with van der Waals surface area (Å²) in [7, 11) is 0. The Morgan fingerprint density at radius 1 is 1.05 bits per heavy atom. The second-order valence-electron chi connectivity index (χ2n) is 11.1. The maximum Gasteiger partial charge on any atom is 0.270 e. The first kappa shape index (κ1) is 31.1. The molecule has 0 bridgehead atoms. The number of thioether (sulfide) groups is 1. The molecule has 0 saturated carbocycles. The highest BCUT2D eigenvalue weighted by Gasteiger charge is 2.33. The topological polar surface area (TPSA) is 69.3 Å². The highest BCUT2D eigenvalue weighted by atomic mass is 32.2. The summed E-state index contributed by atoms with van der Waals surface area (Å²) in [5.41, 5.74) is 2.65. The number of carbonyl (C=O) groups excluding carboxylic acids is 1. The zero-order valence-corrected chi connectivity index (χ0v) is 26.3. The van der Waals surface area contributed by atoms with Crippen LogP contribution in [0.5, 0.6) is 0 Å². The lowest BCUT2D eigenvalue weighted by molar-refractivity contribution is -0.122. The van der Waals surface area contributed by atoms with Crippen molar-refractivity contribution >= 4 is 46.1 Å². The first-order chi connectivity index (χ1) is 19.9. The predicted molar refractivity (Wildman–Crippen MR) is 174 cm³/mol. The average Bonchev–Trinajstić information content (AvgIpc) is 3.24. The summed E-state index contributed by atoms with van der Waals surface area (Å²) >= 11 is 6.94. The number of anilines is 1. The summed E-state index contributed by atoms with van der Waals surface area (Å²) in [5.74, 6) is 1.32. The Morgan fingerprint density at radius 3 is 2.39 bits per heavy atom. The number of rotatable bonds is 12. The number of aromatic nitrogens is 1. The molecule has 218 valence electrons. The Bertz CT molecular complexity index is 1370. The van der Waals surface area contributed by atoms with Gasteiger partial charge in [0.2, 0.25) is 0 Å². The summed E-state index contributed by atoms with van der Waals surface area (Å²) in [6.07, 6.45) is 11.9. The number of carbonyl (C=O) groups is 1. The predicted octanol–water partition coefficient (Wildman–Crippen LogP) is 7.07. The molecule has 41 heavy (non-hydrogen) atoms. The lowest BCUT2D eigenvalue weighted by atomic mass is 9.90. The smallest absolute Gasteiger partial charge is 0.270 e. The second kappa shape index (κ2) is 14.8. The molecule has 8 heteroatoms. The Labute approximate surface area is 254 Å². The molecule has 0 atom stereocenters. The van der Waals surface area contributed by atoms with E-state index in [1.807, 2.05) is 26.0 Å². The van der Waals surface area contributed by atoms with Crippen molar-refractivity contribution in [2.75, 3.05) is 24.5 Å². The molecule has 3 heterocycles. The number of nitriles is 1. The third-order valence-corrected chi connectivity index (χ3v) is 9.71. The molecule has 1 aromatic carbocycles. The number of thiocarbonyl (C=S) groups is 1. The number of nitrogens with zero attached hydrogens (tertiary/aromatic N) is 4. The van der Waals surface area contributed by atoms with E-state index in [4.69, 9.17) is 12.2 Å². The maximum atomic E-state index is 13.5. The van der Waals surface area contributed by atoms with Gasteiger partial charge in [-0.2, -0.15) is 5.26 Å². The van der Waals surface area contributed by atoms with Gasteiger partial charge in [0, 0.05) is 31.7 Å². The minimum Gasteiger partial charge on any atom is -0.357 e. The molecule has 2 aromatic rings.